The Morgan fingerprint density at radius 2 is 1.95 bits per heavy atom. The molecule has 1 aromatic rings. The van der Waals surface area contributed by atoms with Crippen LogP contribution in [0.4, 0.5) is 4.39 Å². The van der Waals surface area contributed by atoms with Crippen LogP contribution in [0.15, 0.2) is 18.2 Å². The number of hydrogen-bond donors (Lipinski definition) is 0. The molecule has 0 saturated heterocycles. The van der Waals surface area contributed by atoms with Gasteiger partial charge in [-0.15, -0.1) is 0 Å². The van der Waals surface area contributed by atoms with Gasteiger partial charge in [0.15, 0.2) is 5.78 Å². The standard InChI is InChI=1S/C14H16ClFO3/c1-2-19-14(18)6-4-3-5-13(17)11-8-7-10(15)9-12(11)16/h7-9H,2-6H2,1H3. The SMILES string of the molecule is CCOC(=O)CCCCC(=O)c1ccc(Cl)cc1F. The highest BCUT2D eigenvalue weighted by Crippen LogP contribution is 2.17. The summed E-state index contributed by atoms with van der Waals surface area (Å²) in [6.45, 7) is 2.10. The Kier molecular flexibility index (Phi) is 6.50. The molecule has 0 aliphatic rings. The van der Waals surface area contributed by atoms with Gasteiger partial charge in [-0.25, -0.2) is 4.39 Å². The fourth-order valence-corrected chi connectivity index (χ4v) is 1.80. The molecule has 0 fully saturated rings. The van der Waals surface area contributed by atoms with E-state index < -0.39 is 5.82 Å². The van der Waals surface area contributed by atoms with Gasteiger partial charge >= 0.3 is 5.97 Å². The lowest BCUT2D eigenvalue weighted by atomic mass is 10.0. The molecule has 1 rings (SSSR count). The van der Waals surface area contributed by atoms with Gasteiger partial charge in [-0.1, -0.05) is 11.6 Å². The summed E-state index contributed by atoms with van der Waals surface area (Å²) in [4.78, 5) is 22.8. The molecular weight excluding hydrogens is 271 g/mol. The molecule has 0 aromatic heterocycles. The van der Waals surface area contributed by atoms with Crippen LogP contribution in [0.1, 0.15) is 43.0 Å². The summed E-state index contributed by atoms with van der Waals surface area (Å²) in [6.07, 6.45) is 1.57. The van der Waals surface area contributed by atoms with Crippen molar-refractivity contribution in [2.75, 3.05) is 6.61 Å². The minimum absolute atomic E-state index is 0.0422. The molecule has 0 unspecified atom stereocenters. The van der Waals surface area contributed by atoms with Crippen molar-refractivity contribution in [2.45, 2.75) is 32.6 Å². The zero-order valence-corrected chi connectivity index (χ0v) is 11.5. The van der Waals surface area contributed by atoms with E-state index in [4.69, 9.17) is 16.3 Å². The van der Waals surface area contributed by atoms with Crippen molar-refractivity contribution in [3.05, 3.63) is 34.6 Å². The maximum Gasteiger partial charge on any atom is 0.305 e. The predicted molar refractivity (Wildman–Crippen MR) is 70.8 cm³/mol. The average molecular weight is 287 g/mol. The van der Waals surface area contributed by atoms with Crippen molar-refractivity contribution < 1.29 is 18.7 Å². The third-order valence-electron chi connectivity index (χ3n) is 2.57. The van der Waals surface area contributed by atoms with Crippen LogP contribution in [-0.2, 0) is 9.53 Å². The summed E-state index contributed by atoms with van der Waals surface area (Å²) in [5.41, 5.74) is 0.0422. The number of unbranched alkanes of at least 4 members (excludes halogenated alkanes) is 1. The highest BCUT2D eigenvalue weighted by atomic mass is 35.5. The van der Waals surface area contributed by atoms with E-state index in [1.54, 1.807) is 6.92 Å². The normalized spacial score (nSPS) is 10.3. The Hall–Kier alpha value is -1.42. The van der Waals surface area contributed by atoms with Gasteiger partial charge in [0, 0.05) is 17.9 Å². The minimum Gasteiger partial charge on any atom is -0.466 e. The second-order valence-electron chi connectivity index (χ2n) is 4.06. The van der Waals surface area contributed by atoms with E-state index in [2.05, 4.69) is 0 Å². The number of benzene rings is 1. The number of hydrogen-bond acceptors (Lipinski definition) is 3. The second-order valence-corrected chi connectivity index (χ2v) is 4.50. The molecule has 0 saturated carbocycles. The molecule has 0 aliphatic carbocycles. The molecule has 0 atom stereocenters. The van der Waals surface area contributed by atoms with E-state index in [0.29, 0.717) is 19.4 Å². The Labute approximate surface area is 116 Å². The van der Waals surface area contributed by atoms with Crippen LogP contribution in [0.25, 0.3) is 0 Å². The van der Waals surface area contributed by atoms with Crippen molar-refractivity contribution in [3.63, 3.8) is 0 Å². The van der Waals surface area contributed by atoms with Gasteiger partial charge in [-0.2, -0.15) is 0 Å². The minimum atomic E-state index is -0.608. The van der Waals surface area contributed by atoms with Crippen molar-refractivity contribution in [3.8, 4) is 0 Å². The Balaban J connectivity index is 2.37. The molecule has 5 heteroatoms. The first-order valence-corrected chi connectivity index (χ1v) is 6.56. The van der Waals surface area contributed by atoms with Crippen molar-refractivity contribution in [2.24, 2.45) is 0 Å². The summed E-state index contributed by atoms with van der Waals surface area (Å²) < 4.78 is 18.2. The van der Waals surface area contributed by atoms with E-state index in [1.165, 1.54) is 12.1 Å². The van der Waals surface area contributed by atoms with Crippen LogP contribution < -0.4 is 0 Å². The van der Waals surface area contributed by atoms with Gasteiger partial charge in [0.1, 0.15) is 5.82 Å². The van der Waals surface area contributed by atoms with E-state index in [9.17, 15) is 14.0 Å². The largest absolute Gasteiger partial charge is 0.466 e. The van der Waals surface area contributed by atoms with Crippen LogP contribution in [0, 0.1) is 5.82 Å². The van der Waals surface area contributed by atoms with Gasteiger partial charge in [-0.3, -0.25) is 9.59 Å². The van der Waals surface area contributed by atoms with Gasteiger partial charge in [0.2, 0.25) is 0 Å². The number of rotatable bonds is 7. The topological polar surface area (TPSA) is 43.4 Å². The van der Waals surface area contributed by atoms with E-state index >= 15 is 0 Å². The van der Waals surface area contributed by atoms with Gasteiger partial charge in [0.25, 0.3) is 0 Å². The van der Waals surface area contributed by atoms with Gasteiger partial charge in [-0.05, 0) is 38.0 Å². The summed E-state index contributed by atoms with van der Waals surface area (Å²) in [6, 6.07) is 3.98. The fourth-order valence-electron chi connectivity index (χ4n) is 1.64. The Morgan fingerprint density at radius 3 is 2.58 bits per heavy atom. The monoisotopic (exact) mass is 286 g/mol. The second kappa shape index (κ2) is 7.89. The van der Waals surface area contributed by atoms with Crippen molar-refractivity contribution in [1.29, 1.82) is 0 Å². The zero-order chi connectivity index (χ0) is 14.3. The van der Waals surface area contributed by atoms with Crippen LogP contribution in [0.3, 0.4) is 0 Å². The summed E-state index contributed by atoms with van der Waals surface area (Å²) in [5, 5.41) is 0.261. The highest BCUT2D eigenvalue weighted by molar-refractivity contribution is 6.30. The molecule has 0 heterocycles. The first-order chi connectivity index (χ1) is 9.04. The van der Waals surface area contributed by atoms with Crippen LogP contribution in [0.2, 0.25) is 5.02 Å². The number of Topliss-reactive ketones (excluding diaryl/α,β-unsaturated/α-hetero) is 1. The van der Waals surface area contributed by atoms with Gasteiger partial charge < -0.3 is 4.74 Å². The maximum atomic E-state index is 13.5. The van der Waals surface area contributed by atoms with E-state index in [1.807, 2.05) is 0 Å². The molecule has 0 radical (unpaired) electrons. The lowest BCUT2D eigenvalue weighted by Gasteiger charge is -2.03. The van der Waals surface area contributed by atoms with E-state index in [-0.39, 0.29) is 35.2 Å². The number of halogens is 2. The van der Waals surface area contributed by atoms with Crippen LogP contribution >= 0.6 is 11.6 Å². The molecule has 0 bridgehead atoms. The molecule has 3 nitrogen and oxygen atoms in total. The number of ketones is 1. The number of ether oxygens (including phenoxy) is 1. The van der Waals surface area contributed by atoms with E-state index in [0.717, 1.165) is 6.07 Å². The third-order valence-corrected chi connectivity index (χ3v) is 2.81. The molecule has 104 valence electrons. The molecule has 0 spiro atoms. The Morgan fingerprint density at radius 1 is 1.26 bits per heavy atom. The molecule has 1 aromatic carbocycles. The predicted octanol–water partition coefficient (Wildman–Crippen LogP) is 3.79. The lowest BCUT2D eigenvalue weighted by Crippen LogP contribution is -2.05. The number of carbonyl (C=O) groups excluding carboxylic acids is 2. The first kappa shape index (κ1) is 15.6. The summed E-state index contributed by atoms with van der Waals surface area (Å²) >= 11 is 5.61. The molecule has 0 amide bonds. The Bertz CT molecular complexity index is 460. The third kappa shape index (κ3) is 5.39. The molecular formula is C14H16ClFO3. The van der Waals surface area contributed by atoms with Crippen LogP contribution in [0.5, 0.6) is 0 Å². The zero-order valence-electron chi connectivity index (χ0n) is 10.7. The molecule has 0 aliphatic heterocycles. The first-order valence-electron chi connectivity index (χ1n) is 6.18. The van der Waals surface area contributed by atoms with Gasteiger partial charge in [0.05, 0.1) is 12.2 Å². The van der Waals surface area contributed by atoms with Crippen molar-refractivity contribution in [1.82, 2.24) is 0 Å². The van der Waals surface area contributed by atoms with Crippen LogP contribution in [-0.4, -0.2) is 18.4 Å². The summed E-state index contributed by atoms with van der Waals surface area (Å²) in [5.74, 6) is -1.16. The number of carbonyl (C=O) groups is 2. The summed E-state index contributed by atoms with van der Waals surface area (Å²) in [7, 11) is 0. The smallest absolute Gasteiger partial charge is 0.305 e. The fraction of sp³-hybridized carbons (Fsp3) is 0.429. The van der Waals surface area contributed by atoms with Crippen molar-refractivity contribution >= 4 is 23.4 Å². The maximum absolute atomic E-state index is 13.5. The molecule has 19 heavy (non-hydrogen) atoms. The lowest BCUT2D eigenvalue weighted by molar-refractivity contribution is -0.143. The quantitative estimate of drug-likeness (QED) is 0.435. The number of esters is 1. The average Bonchev–Trinajstić information content (AvgIpc) is 2.34. The highest BCUT2D eigenvalue weighted by Gasteiger charge is 2.12. The molecule has 0 N–H and O–H groups in total.